The van der Waals surface area contributed by atoms with Crippen LogP contribution in [0.2, 0.25) is 0 Å². The molecule has 0 N–H and O–H groups in total. The van der Waals surface area contributed by atoms with E-state index in [1.54, 1.807) is 6.08 Å². The molecule has 2 aromatic rings. The molecule has 0 atom stereocenters. The molecule has 0 aromatic heterocycles. The van der Waals surface area contributed by atoms with E-state index in [0.29, 0.717) is 4.91 Å². The summed E-state index contributed by atoms with van der Waals surface area (Å²) in [6.07, 6.45) is 1.78. The number of thioether (sulfide) groups is 1. The van der Waals surface area contributed by atoms with Crippen molar-refractivity contribution >= 4 is 23.8 Å². The molecule has 2 aromatic carbocycles. The Bertz CT molecular complexity index is 579. The normalized spacial score (nSPS) is 11.2. The maximum atomic E-state index is 11.9. The first-order chi connectivity index (χ1) is 9.79. The van der Waals surface area contributed by atoms with Crippen molar-refractivity contribution in [3.8, 4) is 0 Å². The minimum Gasteiger partial charge on any atom is -0.293 e. The van der Waals surface area contributed by atoms with Gasteiger partial charge in [-0.2, -0.15) is 4.89 Å². The molecule has 0 bridgehead atoms. The summed E-state index contributed by atoms with van der Waals surface area (Å²) in [4.78, 5) is 22.4. The van der Waals surface area contributed by atoms with E-state index in [4.69, 9.17) is 0 Å². The average molecular weight is 286 g/mol. The smallest absolute Gasteiger partial charge is 0.293 e. The molecule has 2 rings (SSSR count). The fraction of sp³-hybridized carbons (Fsp3) is 0.0625. The maximum Gasteiger partial charge on any atom is 0.379 e. The topological polar surface area (TPSA) is 35.5 Å². The summed E-state index contributed by atoms with van der Waals surface area (Å²) in [6.45, 7) is 0. The fourth-order valence-electron chi connectivity index (χ4n) is 1.56. The van der Waals surface area contributed by atoms with Gasteiger partial charge in [-0.3, -0.25) is 4.89 Å². The molecule has 4 heteroatoms. The lowest BCUT2D eigenvalue weighted by molar-refractivity contribution is -0.249. The Labute approximate surface area is 122 Å². The third-order valence-corrected chi connectivity index (χ3v) is 3.44. The summed E-state index contributed by atoms with van der Waals surface area (Å²) < 4.78 is 0. The van der Waals surface area contributed by atoms with Crippen LogP contribution in [0.4, 0.5) is 0 Å². The van der Waals surface area contributed by atoms with Crippen LogP contribution in [0.3, 0.4) is 0 Å². The summed E-state index contributed by atoms with van der Waals surface area (Å²) >= 11 is 1.34. The summed E-state index contributed by atoms with van der Waals surface area (Å²) in [5, 5.41) is 0. The summed E-state index contributed by atoms with van der Waals surface area (Å²) in [5.74, 6) is -0.509. The highest BCUT2D eigenvalue weighted by Gasteiger charge is 2.14. The molecular weight excluding hydrogens is 272 g/mol. The Morgan fingerprint density at radius 3 is 2.20 bits per heavy atom. The number of benzene rings is 2. The monoisotopic (exact) mass is 286 g/mol. The lowest BCUT2D eigenvalue weighted by Gasteiger charge is -2.05. The molecular formula is C16H14O3S. The van der Waals surface area contributed by atoms with Crippen LogP contribution in [0, 0.1) is 0 Å². The molecule has 0 heterocycles. The second-order valence-electron chi connectivity index (χ2n) is 3.87. The lowest BCUT2D eigenvalue weighted by Crippen LogP contribution is -2.04. The Morgan fingerprint density at radius 2 is 1.60 bits per heavy atom. The Kier molecular flexibility index (Phi) is 5.41. The van der Waals surface area contributed by atoms with Gasteiger partial charge >= 0.3 is 5.97 Å². The van der Waals surface area contributed by atoms with E-state index in [0.717, 1.165) is 10.5 Å². The van der Waals surface area contributed by atoms with Gasteiger partial charge in [-0.05, 0) is 23.8 Å². The van der Waals surface area contributed by atoms with Gasteiger partial charge in [0.25, 0.3) is 0 Å². The average Bonchev–Trinajstić information content (AvgIpc) is 2.49. The van der Waals surface area contributed by atoms with Gasteiger partial charge in [-0.15, -0.1) is 0 Å². The fourth-order valence-corrected chi connectivity index (χ4v) is 2.42. The quantitative estimate of drug-likeness (QED) is 0.361. The van der Waals surface area contributed by atoms with Crippen molar-refractivity contribution in [2.75, 3.05) is 7.11 Å². The number of hydrogen-bond acceptors (Lipinski definition) is 4. The largest absolute Gasteiger partial charge is 0.379 e. The SMILES string of the molecule is COOC(=O)/C(=C/c1ccccc1)Sc1ccccc1. The molecule has 0 spiro atoms. The summed E-state index contributed by atoms with van der Waals surface area (Å²) in [5.41, 5.74) is 0.930. The van der Waals surface area contributed by atoms with Gasteiger partial charge in [0, 0.05) is 4.90 Å². The standard InChI is InChI=1S/C16H14O3S/c1-18-19-16(17)15(12-13-8-4-2-5-9-13)20-14-10-6-3-7-11-14/h2-12H,1H3/b15-12-. The summed E-state index contributed by atoms with van der Waals surface area (Å²) in [7, 11) is 1.31. The molecule has 20 heavy (non-hydrogen) atoms. The molecule has 0 fully saturated rings. The van der Waals surface area contributed by atoms with Crippen LogP contribution in [0.5, 0.6) is 0 Å². The predicted octanol–water partition coefficient (Wildman–Crippen LogP) is 3.92. The first-order valence-electron chi connectivity index (χ1n) is 6.04. The number of carbonyl (C=O) groups is 1. The third-order valence-electron chi connectivity index (χ3n) is 2.43. The lowest BCUT2D eigenvalue weighted by atomic mass is 10.2. The highest BCUT2D eigenvalue weighted by atomic mass is 32.2. The highest BCUT2D eigenvalue weighted by molar-refractivity contribution is 8.04. The molecule has 3 nitrogen and oxygen atoms in total. The van der Waals surface area contributed by atoms with E-state index in [2.05, 4.69) is 9.78 Å². The van der Waals surface area contributed by atoms with E-state index in [-0.39, 0.29) is 0 Å². The van der Waals surface area contributed by atoms with Crippen molar-refractivity contribution < 1.29 is 14.6 Å². The molecule has 102 valence electrons. The number of carbonyl (C=O) groups excluding carboxylic acids is 1. The van der Waals surface area contributed by atoms with Crippen molar-refractivity contribution in [3.05, 3.63) is 71.1 Å². The molecule has 0 amide bonds. The zero-order chi connectivity index (χ0) is 14.2. The minimum atomic E-state index is -0.509. The van der Waals surface area contributed by atoms with Crippen LogP contribution >= 0.6 is 11.8 Å². The number of rotatable bonds is 5. The van der Waals surface area contributed by atoms with Crippen molar-refractivity contribution in [1.82, 2.24) is 0 Å². The molecule has 0 saturated heterocycles. The minimum absolute atomic E-state index is 0.462. The van der Waals surface area contributed by atoms with Crippen molar-refractivity contribution in [1.29, 1.82) is 0 Å². The third kappa shape index (κ3) is 4.26. The van der Waals surface area contributed by atoms with Gasteiger partial charge in [0.15, 0.2) is 0 Å². The van der Waals surface area contributed by atoms with Gasteiger partial charge in [0.1, 0.15) is 4.91 Å². The van der Waals surface area contributed by atoms with Crippen LogP contribution in [0.15, 0.2) is 70.5 Å². The van der Waals surface area contributed by atoms with E-state index in [1.807, 2.05) is 60.7 Å². The van der Waals surface area contributed by atoms with Gasteiger partial charge in [-0.25, -0.2) is 4.79 Å². The van der Waals surface area contributed by atoms with E-state index in [1.165, 1.54) is 18.9 Å². The molecule has 0 unspecified atom stereocenters. The molecule has 0 aliphatic rings. The van der Waals surface area contributed by atoms with Crippen molar-refractivity contribution in [3.63, 3.8) is 0 Å². The number of hydrogen-bond donors (Lipinski definition) is 0. The maximum absolute atomic E-state index is 11.9. The molecule has 0 aliphatic heterocycles. The Hall–Kier alpha value is -2.04. The van der Waals surface area contributed by atoms with Crippen LogP contribution in [-0.4, -0.2) is 13.1 Å². The molecule has 0 saturated carbocycles. The molecule has 0 aliphatic carbocycles. The van der Waals surface area contributed by atoms with Crippen LogP contribution in [0.1, 0.15) is 5.56 Å². The predicted molar refractivity (Wildman–Crippen MR) is 79.8 cm³/mol. The van der Waals surface area contributed by atoms with Crippen molar-refractivity contribution in [2.45, 2.75) is 4.90 Å². The van der Waals surface area contributed by atoms with Gasteiger partial charge in [0.2, 0.25) is 0 Å². The molecule has 0 radical (unpaired) electrons. The van der Waals surface area contributed by atoms with Crippen LogP contribution in [0.25, 0.3) is 6.08 Å². The van der Waals surface area contributed by atoms with Crippen LogP contribution in [-0.2, 0) is 14.6 Å². The second-order valence-corrected chi connectivity index (χ2v) is 4.99. The van der Waals surface area contributed by atoms with E-state index in [9.17, 15) is 4.79 Å². The first-order valence-corrected chi connectivity index (χ1v) is 6.86. The summed E-state index contributed by atoms with van der Waals surface area (Å²) in [6, 6.07) is 19.2. The first kappa shape index (κ1) is 14.4. The zero-order valence-electron chi connectivity index (χ0n) is 11.0. The Morgan fingerprint density at radius 1 is 1.00 bits per heavy atom. The highest BCUT2D eigenvalue weighted by Crippen LogP contribution is 2.29. The van der Waals surface area contributed by atoms with Gasteiger partial charge < -0.3 is 0 Å². The van der Waals surface area contributed by atoms with E-state index >= 15 is 0 Å². The zero-order valence-corrected chi connectivity index (χ0v) is 11.8. The van der Waals surface area contributed by atoms with Gasteiger partial charge in [0.05, 0.1) is 7.11 Å². The van der Waals surface area contributed by atoms with Gasteiger partial charge in [-0.1, -0.05) is 60.3 Å². The van der Waals surface area contributed by atoms with Crippen LogP contribution < -0.4 is 0 Å². The van der Waals surface area contributed by atoms with E-state index < -0.39 is 5.97 Å². The second kappa shape index (κ2) is 7.53. The van der Waals surface area contributed by atoms with Crippen molar-refractivity contribution in [2.24, 2.45) is 0 Å². The Balaban J connectivity index is 2.25.